The van der Waals surface area contributed by atoms with Crippen LogP contribution in [0.15, 0.2) is 24.3 Å². The van der Waals surface area contributed by atoms with E-state index in [2.05, 4.69) is 0 Å². The Hall–Kier alpha value is -1.59. The molecule has 5 heteroatoms. The second-order valence-corrected chi connectivity index (χ2v) is 5.46. The summed E-state index contributed by atoms with van der Waals surface area (Å²) in [6, 6.07) is 7.82. The summed E-state index contributed by atoms with van der Waals surface area (Å²) in [7, 11) is 0. The van der Waals surface area contributed by atoms with Gasteiger partial charge in [-0.05, 0) is 32.9 Å². The lowest BCUT2D eigenvalue weighted by Crippen LogP contribution is -2.36. The van der Waals surface area contributed by atoms with E-state index in [4.69, 9.17) is 9.84 Å². The number of aliphatic hydroxyl groups is 1. The van der Waals surface area contributed by atoms with Gasteiger partial charge >= 0.3 is 5.97 Å². The molecule has 0 amide bonds. The van der Waals surface area contributed by atoms with Crippen molar-refractivity contribution in [3.05, 3.63) is 29.8 Å². The Balaban J connectivity index is 2.67. The Kier molecular flexibility index (Phi) is 7.19. The van der Waals surface area contributed by atoms with Crippen LogP contribution in [-0.4, -0.2) is 48.1 Å². The first kappa shape index (κ1) is 17.5. The predicted molar refractivity (Wildman–Crippen MR) is 82.7 cm³/mol. The highest BCUT2D eigenvalue weighted by atomic mass is 16.5. The van der Waals surface area contributed by atoms with Crippen molar-refractivity contribution >= 4 is 11.7 Å². The molecule has 0 aliphatic heterocycles. The van der Waals surface area contributed by atoms with Crippen molar-refractivity contribution in [2.75, 3.05) is 24.6 Å². The fraction of sp³-hybridized carbons (Fsp3) is 0.562. The molecule has 21 heavy (non-hydrogen) atoms. The third kappa shape index (κ3) is 7.11. The lowest BCUT2D eigenvalue weighted by atomic mass is 10.2. The highest BCUT2D eigenvalue weighted by molar-refractivity contribution is 5.67. The summed E-state index contributed by atoms with van der Waals surface area (Å²) in [4.78, 5) is 12.7. The number of nitrogens with zero attached hydrogens (tertiary/aromatic N) is 1. The van der Waals surface area contributed by atoms with Crippen LogP contribution >= 0.6 is 0 Å². The summed E-state index contributed by atoms with van der Waals surface area (Å²) in [6.45, 7) is 6.77. The Morgan fingerprint density at radius 2 is 1.90 bits per heavy atom. The van der Waals surface area contributed by atoms with E-state index in [0.717, 1.165) is 11.3 Å². The number of rotatable bonds is 9. The monoisotopic (exact) mass is 295 g/mol. The van der Waals surface area contributed by atoms with E-state index in [1.165, 1.54) is 0 Å². The maximum Gasteiger partial charge on any atom is 0.305 e. The SMILES string of the molecule is Cc1ccc(N(CCC(=O)O)CC(O)COC(C)C)cc1. The minimum atomic E-state index is -0.847. The summed E-state index contributed by atoms with van der Waals surface area (Å²) in [5.41, 5.74) is 2.05. The van der Waals surface area contributed by atoms with Crippen molar-refractivity contribution in [3.8, 4) is 0 Å². The maximum atomic E-state index is 10.8. The smallest absolute Gasteiger partial charge is 0.305 e. The number of hydrogen-bond donors (Lipinski definition) is 2. The van der Waals surface area contributed by atoms with Crippen LogP contribution in [0.3, 0.4) is 0 Å². The number of carbonyl (C=O) groups is 1. The van der Waals surface area contributed by atoms with Crippen LogP contribution in [-0.2, 0) is 9.53 Å². The first-order valence-corrected chi connectivity index (χ1v) is 7.21. The molecule has 0 fully saturated rings. The largest absolute Gasteiger partial charge is 0.481 e. The maximum absolute atomic E-state index is 10.8. The van der Waals surface area contributed by atoms with Crippen LogP contribution in [0, 0.1) is 6.92 Å². The first-order chi connectivity index (χ1) is 9.88. The summed E-state index contributed by atoms with van der Waals surface area (Å²) < 4.78 is 5.39. The van der Waals surface area contributed by atoms with Crippen LogP contribution < -0.4 is 4.90 Å². The fourth-order valence-corrected chi connectivity index (χ4v) is 1.92. The quantitative estimate of drug-likeness (QED) is 0.730. The average Bonchev–Trinajstić information content (AvgIpc) is 2.42. The summed E-state index contributed by atoms with van der Waals surface area (Å²) in [5, 5.41) is 18.9. The van der Waals surface area contributed by atoms with Gasteiger partial charge in [0, 0.05) is 18.8 Å². The van der Waals surface area contributed by atoms with E-state index in [9.17, 15) is 9.90 Å². The van der Waals surface area contributed by atoms with E-state index in [-0.39, 0.29) is 19.1 Å². The normalized spacial score (nSPS) is 12.4. The van der Waals surface area contributed by atoms with Crippen LogP contribution in [0.2, 0.25) is 0 Å². The number of hydrogen-bond acceptors (Lipinski definition) is 4. The standard InChI is InChI=1S/C16H25NO4/c1-12(2)21-11-15(18)10-17(9-8-16(19)20)14-6-4-13(3)5-7-14/h4-7,12,15,18H,8-11H2,1-3H3,(H,19,20). The van der Waals surface area contributed by atoms with Gasteiger partial charge in [-0.1, -0.05) is 17.7 Å². The van der Waals surface area contributed by atoms with Crippen LogP contribution in [0.4, 0.5) is 5.69 Å². The number of benzene rings is 1. The van der Waals surface area contributed by atoms with E-state index >= 15 is 0 Å². The molecule has 1 unspecified atom stereocenters. The predicted octanol–water partition coefficient (Wildman–Crippen LogP) is 2.06. The Labute approximate surface area is 126 Å². The highest BCUT2D eigenvalue weighted by Crippen LogP contribution is 2.16. The van der Waals surface area contributed by atoms with Gasteiger partial charge in [-0.25, -0.2) is 0 Å². The van der Waals surface area contributed by atoms with Gasteiger partial charge in [0.1, 0.15) is 0 Å². The molecule has 118 valence electrons. The number of carboxylic acid groups (broad SMARTS) is 1. The van der Waals surface area contributed by atoms with Crippen molar-refractivity contribution in [2.45, 2.75) is 39.4 Å². The first-order valence-electron chi connectivity index (χ1n) is 7.21. The van der Waals surface area contributed by atoms with E-state index in [1.54, 1.807) is 0 Å². The molecule has 5 nitrogen and oxygen atoms in total. The average molecular weight is 295 g/mol. The molecule has 1 aromatic carbocycles. The number of aliphatic carboxylic acids is 1. The van der Waals surface area contributed by atoms with Crippen molar-refractivity contribution in [3.63, 3.8) is 0 Å². The molecule has 1 rings (SSSR count). The van der Waals surface area contributed by atoms with Crippen molar-refractivity contribution in [1.29, 1.82) is 0 Å². The Morgan fingerprint density at radius 3 is 2.43 bits per heavy atom. The molecule has 0 heterocycles. The zero-order valence-electron chi connectivity index (χ0n) is 13.0. The molecular formula is C16H25NO4. The molecule has 0 aromatic heterocycles. The van der Waals surface area contributed by atoms with Gasteiger partial charge in [0.25, 0.3) is 0 Å². The summed E-state index contributed by atoms with van der Waals surface area (Å²) >= 11 is 0. The molecule has 0 radical (unpaired) electrons. The molecule has 0 bridgehead atoms. The topological polar surface area (TPSA) is 70.0 Å². The summed E-state index contributed by atoms with van der Waals surface area (Å²) in [6.07, 6.45) is -0.556. The van der Waals surface area contributed by atoms with Crippen LogP contribution in [0.25, 0.3) is 0 Å². The number of ether oxygens (including phenoxy) is 1. The number of carboxylic acids is 1. The molecule has 1 aromatic rings. The van der Waals surface area contributed by atoms with Crippen molar-refractivity contribution in [1.82, 2.24) is 0 Å². The number of aryl methyl sites for hydroxylation is 1. The van der Waals surface area contributed by atoms with Gasteiger partial charge in [0.2, 0.25) is 0 Å². The second kappa shape index (κ2) is 8.64. The van der Waals surface area contributed by atoms with Gasteiger partial charge in [-0.15, -0.1) is 0 Å². The van der Waals surface area contributed by atoms with Crippen molar-refractivity contribution < 1.29 is 19.7 Å². The summed E-state index contributed by atoms with van der Waals surface area (Å²) in [5.74, 6) is -0.847. The Morgan fingerprint density at radius 1 is 1.29 bits per heavy atom. The van der Waals surface area contributed by atoms with Gasteiger partial charge < -0.3 is 19.8 Å². The van der Waals surface area contributed by atoms with Gasteiger partial charge in [-0.2, -0.15) is 0 Å². The fourth-order valence-electron chi connectivity index (χ4n) is 1.92. The zero-order valence-corrected chi connectivity index (χ0v) is 13.0. The van der Waals surface area contributed by atoms with Crippen LogP contribution in [0.5, 0.6) is 0 Å². The molecule has 0 spiro atoms. The Bertz CT molecular complexity index is 430. The molecule has 1 atom stereocenters. The lowest BCUT2D eigenvalue weighted by Gasteiger charge is -2.27. The number of aliphatic hydroxyl groups excluding tert-OH is 1. The second-order valence-electron chi connectivity index (χ2n) is 5.46. The highest BCUT2D eigenvalue weighted by Gasteiger charge is 2.14. The van der Waals surface area contributed by atoms with Gasteiger partial charge in [0.15, 0.2) is 0 Å². The molecule has 0 aliphatic carbocycles. The van der Waals surface area contributed by atoms with Gasteiger partial charge in [0.05, 0.1) is 25.2 Å². The van der Waals surface area contributed by atoms with Crippen molar-refractivity contribution in [2.24, 2.45) is 0 Å². The number of anilines is 1. The van der Waals surface area contributed by atoms with E-state index in [0.29, 0.717) is 13.1 Å². The molecule has 0 aliphatic rings. The minimum absolute atomic E-state index is 0.0334. The van der Waals surface area contributed by atoms with E-state index in [1.807, 2.05) is 49.9 Å². The minimum Gasteiger partial charge on any atom is -0.481 e. The molecule has 0 saturated carbocycles. The van der Waals surface area contributed by atoms with Gasteiger partial charge in [-0.3, -0.25) is 4.79 Å². The molecule has 0 saturated heterocycles. The third-order valence-corrected chi connectivity index (χ3v) is 3.05. The zero-order chi connectivity index (χ0) is 15.8. The van der Waals surface area contributed by atoms with E-state index < -0.39 is 12.1 Å². The molecule has 2 N–H and O–H groups in total. The van der Waals surface area contributed by atoms with Crippen LogP contribution in [0.1, 0.15) is 25.8 Å². The third-order valence-electron chi connectivity index (χ3n) is 3.05. The lowest BCUT2D eigenvalue weighted by molar-refractivity contribution is -0.136. The molecular weight excluding hydrogens is 270 g/mol.